The number of benzene rings is 1. The Morgan fingerprint density at radius 3 is 2.80 bits per heavy atom. The maximum atomic E-state index is 6.02. The van der Waals surface area contributed by atoms with E-state index in [0.29, 0.717) is 16.4 Å². The third-order valence-corrected chi connectivity index (χ3v) is 3.60. The van der Waals surface area contributed by atoms with Crippen LogP contribution in [-0.2, 0) is 11.0 Å². The summed E-state index contributed by atoms with van der Waals surface area (Å²) in [7, 11) is 0.497. The van der Waals surface area contributed by atoms with Gasteiger partial charge < -0.3 is 4.43 Å². The molecule has 0 spiro atoms. The third kappa shape index (κ3) is 3.49. The van der Waals surface area contributed by atoms with E-state index >= 15 is 0 Å². The van der Waals surface area contributed by atoms with Gasteiger partial charge in [0.05, 0.1) is 6.61 Å². The van der Waals surface area contributed by atoms with E-state index in [-0.39, 0.29) is 0 Å². The Balaban J connectivity index is 2.62. The molecular weight excluding hydrogens is 224 g/mol. The second-order valence-electron chi connectivity index (χ2n) is 3.38. The summed E-state index contributed by atoms with van der Waals surface area (Å²) in [5.74, 6) is 0. The number of hydrogen-bond acceptors (Lipinski definition) is 1. The van der Waals surface area contributed by atoms with Crippen LogP contribution in [0.2, 0.25) is 11.1 Å². The molecule has 0 aliphatic carbocycles. The molecule has 0 bridgehead atoms. The van der Waals surface area contributed by atoms with E-state index in [1.165, 1.54) is 11.1 Å². The van der Waals surface area contributed by atoms with Crippen LogP contribution in [0.3, 0.4) is 0 Å². The van der Waals surface area contributed by atoms with Crippen molar-refractivity contribution in [3.8, 4) is 0 Å². The average molecular weight is 239 g/mol. The molecule has 0 aliphatic rings. The van der Waals surface area contributed by atoms with E-state index in [4.69, 9.17) is 16.0 Å². The smallest absolute Gasteiger partial charge is 0.234 e. The van der Waals surface area contributed by atoms with Gasteiger partial charge in [-0.15, -0.1) is 6.58 Å². The van der Waals surface area contributed by atoms with Crippen LogP contribution in [0.15, 0.2) is 24.8 Å². The molecule has 0 atom stereocenters. The van der Waals surface area contributed by atoms with Gasteiger partial charge in [-0.25, -0.2) is 0 Å². The number of allylic oxidation sites excluding steroid dienone is 1. The van der Waals surface area contributed by atoms with Crippen LogP contribution in [0.4, 0.5) is 0 Å². The molecule has 1 nitrogen and oxygen atoms in total. The fourth-order valence-electron chi connectivity index (χ4n) is 1.25. The minimum Gasteiger partial charge on any atom is -0.413 e. The first-order valence-electron chi connectivity index (χ1n) is 4.87. The summed E-state index contributed by atoms with van der Waals surface area (Å²) in [4.78, 5) is 0. The zero-order valence-electron chi connectivity index (χ0n) is 9.14. The zero-order chi connectivity index (χ0) is 11.3. The van der Waals surface area contributed by atoms with Gasteiger partial charge in [-0.2, -0.15) is 0 Å². The average Bonchev–Trinajstić information content (AvgIpc) is 2.24. The molecule has 0 saturated heterocycles. The topological polar surface area (TPSA) is 9.23 Å². The maximum Gasteiger partial charge on any atom is 0.234 e. The van der Waals surface area contributed by atoms with Gasteiger partial charge >= 0.3 is 0 Å². The molecule has 3 heteroatoms. The first kappa shape index (κ1) is 12.5. The predicted octanol–water partition coefficient (Wildman–Crippen LogP) is 3.70. The van der Waals surface area contributed by atoms with Crippen molar-refractivity contribution in [2.24, 2.45) is 0 Å². The molecule has 0 aliphatic heterocycles. The molecule has 0 heterocycles. The Kier molecular flexibility index (Phi) is 5.09. The highest BCUT2D eigenvalue weighted by molar-refractivity contribution is 6.31. The molecule has 1 rings (SSSR count). The lowest BCUT2D eigenvalue weighted by Crippen LogP contribution is -2.00. The molecule has 0 N–H and O–H groups in total. The summed E-state index contributed by atoms with van der Waals surface area (Å²) < 4.78 is 5.55. The Bertz CT molecular complexity index is 350. The Hall–Kier alpha value is -0.573. The maximum absolute atomic E-state index is 6.02. The lowest BCUT2D eigenvalue weighted by atomic mass is 10.0. The van der Waals surface area contributed by atoms with Crippen molar-refractivity contribution in [3.05, 3.63) is 46.5 Å². The second kappa shape index (κ2) is 6.11. The summed E-state index contributed by atoms with van der Waals surface area (Å²) in [6.07, 6.45) is 1.87. The Labute approximate surface area is 99.0 Å². The molecule has 15 heavy (non-hydrogen) atoms. The molecule has 2 radical (unpaired) electrons. The van der Waals surface area contributed by atoms with E-state index in [1.54, 1.807) is 0 Å². The van der Waals surface area contributed by atoms with Crippen LogP contribution in [0.1, 0.15) is 16.7 Å². The molecule has 0 saturated carbocycles. The largest absolute Gasteiger partial charge is 0.413 e. The standard InChI is InChI=1S/C12H15ClOSi/c1-4-7-15-14-8-11-5-6-12(13)10(3)9(11)2/h4-6H,1,7-8H2,2-3H3. The zero-order valence-corrected chi connectivity index (χ0v) is 10.9. The van der Waals surface area contributed by atoms with Gasteiger partial charge in [0.25, 0.3) is 0 Å². The summed E-state index contributed by atoms with van der Waals surface area (Å²) in [6, 6.07) is 4.88. The molecule has 0 aromatic heterocycles. The molecule has 0 unspecified atom stereocenters. The molecule has 0 fully saturated rings. The fourth-order valence-corrected chi connectivity index (χ4v) is 1.94. The second-order valence-corrected chi connectivity index (χ2v) is 4.78. The van der Waals surface area contributed by atoms with Crippen molar-refractivity contribution in [1.29, 1.82) is 0 Å². The van der Waals surface area contributed by atoms with Crippen LogP contribution in [0.25, 0.3) is 0 Å². The summed E-state index contributed by atoms with van der Waals surface area (Å²) in [5, 5.41) is 0.824. The predicted molar refractivity (Wildman–Crippen MR) is 66.5 cm³/mol. The lowest BCUT2D eigenvalue weighted by Gasteiger charge is -2.10. The lowest BCUT2D eigenvalue weighted by molar-refractivity contribution is 0.324. The van der Waals surface area contributed by atoms with Gasteiger partial charge in [0, 0.05) is 5.02 Å². The van der Waals surface area contributed by atoms with Gasteiger partial charge in [0.2, 0.25) is 9.76 Å². The van der Waals surface area contributed by atoms with Crippen LogP contribution in [-0.4, -0.2) is 9.76 Å². The van der Waals surface area contributed by atoms with Crippen molar-refractivity contribution in [1.82, 2.24) is 0 Å². The number of hydrogen-bond donors (Lipinski definition) is 0. The van der Waals surface area contributed by atoms with Gasteiger partial charge in [0.1, 0.15) is 0 Å². The molecule has 0 amide bonds. The van der Waals surface area contributed by atoms with Gasteiger partial charge in [0.15, 0.2) is 0 Å². The monoisotopic (exact) mass is 238 g/mol. The number of halogens is 1. The quantitative estimate of drug-likeness (QED) is 0.432. The number of rotatable bonds is 5. The van der Waals surface area contributed by atoms with Crippen LogP contribution < -0.4 is 0 Å². The van der Waals surface area contributed by atoms with Gasteiger partial charge in [-0.1, -0.05) is 23.7 Å². The SMILES string of the molecule is C=CC[Si]OCc1ccc(Cl)c(C)c1C. The Morgan fingerprint density at radius 2 is 2.13 bits per heavy atom. The van der Waals surface area contributed by atoms with Gasteiger partial charge in [-0.3, -0.25) is 0 Å². The van der Waals surface area contributed by atoms with Crippen molar-refractivity contribution >= 4 is 21.4 Å². The van der Waals surface area contributed by atoms with Crippen molar-refractivity contribution in [3.63, 3.8) is 0 Å². The third-order valence-electron chi connectivity index (χ3n) is 2.39. The highest BCUT2D eigenvalue weighted by Crippen LogP contribution is 2.22. The molecular formula is C12H15ClOSi. The van der Waals surface area contributed by atoms with Crippen molar-refractivity contribution in [2.75, 3.05) is 0 Å². The summed E-state index contributed by atoms with van der Waals surface area (Å²) in [5.41, 5.74) is 3.59. The fraction of sp³-hybridized carbons (Fsp3) is 0.333. The Morgan fingerprint density at radius 1 is 1.40 bits per heavy atom. The minimum absolute atomic E-state index is 0.497. The van der Waals surface area contributed by atoms with E-state index < -0.39 is 0 Å². The summed E-state index contributed by atoms with van der Waals surface area (Å²) >= 11 is 6.02. The first-order valence-corrected chi connectivity index (χ1v) is 6.36. The van der Waals surface area contributed by atoms with E-state index in [0.717, 1.165) is 16.6 Å². The normalized spacial score (nSPS) is 10.3. The van der Waals surface area contributed by atoms with E-state index in [9.17, 15) is 0 Å². The highest BCUT2D eigenvalue weighted by atomic mass is 35.5. The molecule has 1 aromatic carbocycles. The highest BCUT2D eigenvalue weighted by Gasteiger charge is 2.04. The van der Waals surface area contributed by atoms with E-state index in [2.05, 4.69) is 13.5 Å². The van der Waals surface area contributed by atoms with Crippen molar-refractivity contribution in [2.45, 2.75) is 26.5 Å². The molecule has 1 aromatic rings. The minimum atomic E-state index is 0.497. The summed E-state index contributed by atoms with van der Waals surface area (Å²) in [6.45, 7) is 8.44. The van der Waals surface area contributed by atoms with Crippen molar-refractivity contribution < 1.29 is 4.43 Å². The van der Waals surface area contributed by atoms with Gasteiger partial charge in [-0.05, 0) is 42.6 Å². The van der Waals surface area contributed by atoms with Crippen LogP contribution in [0.5, 0.6) is 0 Å². The van der Waals surface area contributed by atoms with Crippen LogP contribution >= 0.6 is 11.6 Å². The molecule has 80 valence electrons. The van der Waals surface area contributed by atoms with Crippen LogP contribution in [0, 0.1) is 13.8 Å². The first-order chi connectivity index (χ1) is 7.16. The van der Waals surface area contributed by atoms with E-state index in [1.807, 2.05) is 25.1 Å².